The summed E-state index contributed by atoms with van der Waals surface area (Å²) in [5.74, 6) is -0.970. The maximum atomic E-state index is 13.2. The second-order valence-corrected chi connectivity index (χ2v) is 11.3. The molecule has 9 heteroatoms. The summed E-state index contributed by atoms with van der Waals surface area (Å²) < 4.78 is 5.92. The van der Waals surface area contributed by atoms with Gasteiger partial charge in [0, 0.05) is 13.0 Å². The topological polar surface area (TPSA) is 87.7 Å². The molecule has 0 bridgehead atoms. The van der Waals surface area contributed by atoms with Crippen LogP contribution < -0.4 is 10.6 Å². The van der Waals surface area contributed by atoms with Crippen LogP contribution in [-0.4, -0.2) is 57.5 Å². The number of fused-ring (bicyclic) bond motifs is 1. The average molecular weight is 664 g/mol. The molecule has 0 saturated carbocycles. The van der Waals surface area contributed by atoms with Gasteiger partial charge in [0.1, 0.15) is 17.5 Å². The first-order valence-electron chi connectivity index (χ1n) is 12.8. The largest absolute Gasteiger partial charge is 0.444 e. The molecule has 0 spiro atoms. The highest BCUT2D eigenvalue weighted by Gasteiger charge is 2.32. The maximum Gasteiger partial charge on any atom is 0.407 e. The average Bonchev–Trinajstić information content (AvgIpc) is 2.89. The fourth-order valence-corrected chi connectivity index (χ4v) is 4.90. The number of hydrogen-bond donors (Lipinski definition) is 2. The van der Waals surface area contributed by atoms with Gasteiger partial charge in [0.05, 0.1) is 10.6 Å². The van der Waals surface area contributed by atoms with E-state index in [9.17, 15) is 14.4 Å². The third-order valence-corrected chi connectivity index (χ3v) is 6.67. The van der Waals surface area contributed by atoms with Crippen molar-refractivity contribution < 1.29 is 19.1 Å². The van der Waals surface area contributed by atoms with E-state index in [1.54, 1.807) is 20.8 Å². The summed E-state index contributed by atoms with van der Waals surface area (Å²) in [6, 6.07) is 22.3. The Kier molecular flexibility index (Phi) is 11.4. The number of amides is 3. The Morgan fingerprint density at radius 2 is 1.59 bits per heavy atom. The molecule has 0 fully saturated rings. The van der Waals surface area contributed by atoms with Gasteiger partial charge < -0.3 is 20.3 Å². The molecule has 0 saturated heterocycles. The number of hydrogen-bond acceptors (Lipinski definition) is 4. The van der Waals surface area contributed by atoms with Crippen molar-refractivity contribution in [1.82, 2.24) is 15.5 Å². The highest BCUT2D eigenvalue weighted by Crippen LogP contribution is 2.19. The van der Waals surface area contributed by atoms with E-state index in [-0.39, 0.29) is 18.3 Å². The highest BCUT2D eigenvalue weighted by atomic mass is 127. The molecule has 2 N–H and O–H groups in total. The number of rotatable bonds is 11. The van der Waals surface area contributed by atoms with Crippen molar-refractivity contribution in [1.29, 1.82) is 0 Å². The number of benzene rings is 3. The first kappa shape index (κ1) is 30.7. The molecule has 3 rings (SSSR count). The molecule has 3 aromatic rings. The number of nitrogens with one attached hydrogen (secondary N) is 2. The van der Waals surface area contributed by atoms with Gasteiger partial charge in [-0.1, -0.05) is 95.4 Å². The van der Waals surface area contributed by atoms with Crippen LogP contribution in [0.5, 0.6) is 0 Å². The van der Waals surface area contributed by atoms with Gasteiger partial charge in [0.15, 0.2) is 0 Å². The molecule has 3 amide bonds. The summed E-state index contributed by atoms with van der Waals surface area (Å²) in [7, 11) is 0. The second kappa shape index (κ2) is 14.5. The summed E-state index contributed by atoms with van der Waals surface area (Å²) >= 11 is 8.10. The van der Waals surface area contributed by atoms with Gasteiger partial charge in [-0.15, -0.1) is 11.6 Å². The zero-order valence-electron chi connectivity index (χ0n) is 22.5. The standard InChI is InChI=1S/C30H35ClIN3O4/c1-30(2,3)39-29(38)34-25(16-22-13-14-23-11-7-8-12-24(23)15-22)19-35(27(36)18-31)26(28(37)33-20-32)17-21-9-5-4-6-10-21/h4-15,25-26H,16-20H2,1-3H3,(H,33,37)(H,34,38)/t25-,26-/m1/s1. The monoisotopic (exact) mass is 663 g/mol. The van der Waals surface area contributed by atoms with Crippen LogP contribution in [-0.2, 0) is 27.2 Å². The minimum absolute atomic E-state index is 0.0732. The smallest absolute Gasteiger partial charge is 0.407 e. The lowest BCUT2D eigenvalue weighted by Gasteiger charge is -2.34. The van der Waals surface area contributed by atoms with Crippen molar-refractivity contribution in [2.45, 2.75) is 51.3 Å². The van der Waals surface area contributed by atoms with Crippen molar-refractivity contribution in [2.75, 3.05) is 17.0 Å². The second-order valence-electron chi connectivity index (χ2n) is 10.3. The molecule has 0 aliphatic rings. The lowest BCUT2D eigenvalue weighted by molar-refractivity contribution is -0.138. The number of ether oxygens (including phenoxy) is 1. The van der Waals surface area contributed by atoms with Crippen LogP contribution in [0.3, 0.4) is 0 Å². The summed E-state index contributed by atoms with van der Waals surface area (Å²) in [5.41, 5.74) is 1.19. The maximum absolute atomic E-state index is 13.2. The zero-order chi connectivity index (χ0) is 28.4. The van der Waals surface area contributed by atoms with Crippen molar-refractivity contribution in [3.05, 3.63) is 83.9 Å². The summed E-state index contributed by atoms with van der Waals surface area (Å²) in [6.45, 7) is 5.44. The normalized spacial score (nSPS) is 12.8. The molecule has 0 unspecified atom stereocenters. The fourth-order valence-electron chi connectivity index (χ4n) is 4.37. The SMILES string of the molecule is CC(C)(C)OC(=O)N[C@H](Cc1ccc2ccccc2c1)CN(C(=O)CCl)[C@H](Cc1ccccc1)C(=O)NCI. The van der Waals surface area contributed by atoms with Gasteiger partial charge in [0.25, 0.3) is 0 Å². The van der Waals surface area contributed by atoms with E-state index in [1.807, 2.05) is 66.7 Å². The Morgan fingerprint density at radius 1 is 0.923 bits per heavy atom. The molecule has 39 heavy (non-hydrogen) atoms. The Hall–Kier alpha value is -2.85. The Balaban J connectivity index is 1.95. The Bertz CT molecular complexity index is 1270. The molecule has 0 aromatic heterocycles. The van der Waals surface area contributed by atoms with Gasteiger partial charge in [0.2, 0.25) is 11.8 Å². The fraction of sp³-hybridized carbons (Fsp3) is 0.367. The first-order valence-corrected chi connectivity index (χ1v) is 14.9. The number of nitrogens with zero attached hydrogens (tertiary/aromatic N) is 1. The van der Waals surface area contributed by atoms with E-state index in [2.05, 4.69) is 39.3 Å². The van der Waals surface area contributed by atoms with Gasteiger partial charge in [-0.2, -0.15) is 0 Å². The third-order valence-electron chi connectivity index (χ3n) is 6.06. The van der Waals surface area contributed by atoms with Crippen molar-refractivity contribution in [3.63, 3.8) is 0 Å². The number of carbonyl (C=O) groups is 3. The zero-order valence-corrected chi connectivity index (χ0v) is 25.4. The van der Waals surface area contributed by atoms with Crippen LogP contribution >= 0.6 is 34.2 Å². The summed E-state index contributed by atoms with van der Waals surface area (Å²) in [5, 5.41) is 7.96. The van der Waals surface area contributed by atoms with E-state index >= 15 is 0 Å². The lowest BCUT2D eigenvalue weighted by atomic mass is 9.99. The molecule has 208 valence electrons. The Morgan fingerprint density at radius 3 is 2.23 bits per heavy atom. The molecule has 0 heterocycles. The van der Waals surface area contributed by atoms with Crippen LogP contribution in [0.1, 0.15) is 31.9 Å². The van der Waals surface area contributed by atoms with Crippen LogP contribution in [0.25, 0.3) is 10.8 Å². The molecule has 2 atom stereocenters. The number of halogens is 2. The van der Waals surface area contributed by atoms with Crippen molar-refractivity contribution in [2.24, 2.45) is 0 Å². The Labute approximate surface area is 248 Å². The van der Waals surface area contributed by atoms with Crippen LogP contribution in [0.2, 0.25) is 0 Å². The van der Waals surface area contributed by atoms with E-state index in [1.165, 1.54) is 4.90 Å². The molecule has 0 aliphatic carbocycles. The summed E-state index contributed by atoms with van der Waals surface area (Å²) in [6.07, 6.45) is 0.131. The number of alkyl halides is 2. The van der Waals surface area contributed by atoms with E-state index in [0.29, 0.717) is 17.4 Å². The predicted molar refractivity (Wildman–Crippen MR) is 164 cm³/mol. The van der Waals surface area contributed by atoms with E-state index < -0.39 is 29.7 Å². The predicted octanol–water partition coefficient (Wildman–Crippen LogP) is 5.46. The molecule has 0 radical (unpaired) electrons. The van der Waals surface area contributed by atoms with Crippen molar-refractivity contribution >= 4 is 62.9 Å². The van der Waals surface area contributed by atoms with E-state index in [4.69, 9.17) is 16.3 Å². The van der Waals surface area contributed by atoms with Gasteiger partial charge in [-0.05, 0) is 49.1 Å². The van der Waals surface area contributed by atoms with Crippen LogP contribution in [0.15, 0.2) is 72.8 Å². The number of carbonyl (C=O) groups excluding carboxylic acids is 3. The molecular formula is C30H35ClIN3O4. The van der Waals surface area contributed by atoms with Crippen LogP contribution in [0.4, 0.5) is 4.79 Å². The highest BCUT2D eigenvalue weighted by molar-refractivity contribution is 14.1. The molecule has 3 aromatic carbocycles. The summed E-state index contributed by atoms with van der Waals surface area (Å²) in [4.78, 5) is 40.8. The third kappa shape index (κ3) is 9.69. The molecular weight excluding hydrogens is 629 g/mol. The minimum atomic E-state index is -0.812. The molecule has 0 aliphatic heterocycles. The quantitative estimate of drug-likeness (QED) is 0.162. The van der Waals surface area contributed by atoms with Gasteiger partial charge >= 0.3 is 6.09 Å². The van der Waals surface area contributed by atoms with E-state index in [0.717, 1.165) is 21.9 Å². The lowest BCUT2D eigenvalue weighted by Crippen LogP contribution is -2.56. The van der Waals surface area contributed by atoms with Crippen LogP contribution in [0, 0.1) is 0 Å². The van der Waals surface area contributed by atoms with Crippen molar-refractivity contribution in [3.8, 4) is 0 Å². The minimum Gasteiger partial charge on any atom is -0.444 e. The first-order chi connectivity index (χ1) is 18.6. The molecule has 7 nitrogen and oxygen atoms in total. The van der Waals surface area contributed by atoms with Gasteiger partial charge in [-0.3, -0.25) is 9.59 Å². The number of alkyl carbamates (subject to hydrolysis) is 1. The van der Waals surface area contributed by atoms with Gasteiger partial charge in [-0.25, -0.2) is 4.79 Å².